The van der Waals surface area contributed by atoms with Gasteiger partial charge in [0, 0.05) is 18.7 Å². The van der Waals surface area contributed by atoms with Crippen LogP contribution in [-0.2, 0) is 4.79 Å². The standard InChI is InChI=1S/C19H19N3O5/c1-13-9-10-14(22(25)26)12-16(13)20-18(23)17-8-5-11-21(17)19(24)27-15-6-3-2-4-7-15/h2-4,6-7,9-10,12,17H,5,8,11H2,1H3,(H,20,23)/t17-/m1/s1. The Bertz CT molecular complexity index is 869. The van der Waals surface area contributed by atoms with Crippen molar-refractivity contribution in [3.05, 3.63) is 64.2 Å². The Labute approximate surface area is 155 Å². The summed E-state index contributed by atoms with van der Waals surface area (Å²) >= 11 is 0. The second-order valence-electron chi connectivity index (χ2n) is 6.28. The van der Waals surface area contributed by atoms with Crippen molar-refractivity contribution in [2.75, 3.05) is 11.9 Å². The second-order valence-corrected chi connectivity index (χ2v) is 6.28. The van der Waals surface area contributed by atoms with Gasteiger partial charge in [0.15, 0.2) is 0 Å². The SMILES string of the molecule is Cc1ccc([N+](=O)[O-])cc1NC(=O)[C@H]1CCCN1C(=O)Oc1ccccc1. The Balaban J connectivity index is 1.71. The summed E-state index contributed by atoms with van der Waals surface area (Å²) in [6.07, 6.45) is 0.592. The molecule has 0 spiro atoms. The van der Waals surface area contributed by atoms with Gasteiger partial charge in [-0.15, -0.1) is 0 Å². The maximum absolute atomic E-state index is 12.7. The number of nitro groups is 1. The molecule has 8 nitrogen and oxygen atoms in total. The minimum absolute atomic E-state index is 0.109. The van der Waals surface area contributed by atoms with Crippen LogP contribution in [0.15, 0.2) is 48.5 Å². The highest BCUT2D eigenvalue weighted by atomic mass is 16.6. The summed E-state index contributed by atoms with van der Waals surface area (Å²) in [4.78, 5) is 36.9. The summed E-state index contributed by atoms with van der Waals surface area (Å²) in [6.45, 7) is 2.16. The van der Waals surface area contributed by atoms with E-state index in [1.165, 1.54) is 17.0 Å². The molecule has 1 fully saturated rings. The predicted molar refractivity (Wildman–Crippen MR) is 98.7 cm³/mol. The highest BCUT2D eigenvalue weighted by Gasteiger charge is 2.35. The number of likely N-dealkylation sites (tertiary alicyclic amines) is 1. The van der Waals surface area contributed by atoms with Gasteiger partial charge in [0.2, 0.25) is 5.91 Å². The minimum atomic E-state index is -0.681. The van der Waals surface area contributed by atoms with Crippen LogP contribution in [0, 0.1) is 17.0 Å². The van der Waals surface area contributed by atoms with E-state index in [2.05, 4.69) is 5.32 Å². The molecule has 0 unspecified atom stereocenters. The van der Waals surface area contributed by atoms with Crippen LogP contribution in [0.2, 0.25) is 0 Å². The van der Waals surface area contributed by atoms with Crippen molar-refractivity contribution in [1.82, 2.24) is 4.90 Å². The Morgan fingerprint density at radius 1 is 1.22 bits per heavy atom. The molecule has 0 radical (unpaired) electrons. The molecule has 0 aromatic heterocycles. The molecule has 140 valence electrons. The monoisotopic (exact) mass is 369 g/mol. The number of nitro benzene ring substituents is 1. The molecule has 1 N–H and O–H groups in total. The van der Waals surface area contributed by atoms with Crippen LogP contribution in [0.4, 0.5) is 16.2 Å². The number of non-ortho nitro benzene ring substituents is 1. The van der Waals surface area contributed by atoms with Gasteiger partial charge in [-0.05, 0) is 37.5 Å². The number of amides is 2. The van der Waals surface area contributed by atoms with E-state index < -0.39 is 17.1 Å². The van der Waals surface area contributed by atoms with Gasteiger partial charge < -0.3 is 10.1 Å². The summed E-state index contributed by atoms with van der Waals surface area (Å²) in [5, 5.41) is 13.6. The van der Waals surface area contributed by atoms with Gasteiger partial charge in [-0.1, -0.05) is 24.3 Å². The number of carbonyl (C=O) groups excluding carboxylic acids is 2. The molecule has 1 heterocycles. The molecule has 0 aliphatic carbocycles. The maximum atomic E-state index is 12.7. The normalized spacial score (nSPS) is 16.0. The summed E-state index contributed by atoms with van der Waals surface area (Å²) < 4.78 is 5.32. The molecule has 1 aliphatic rings. The Hall–Kier alpha value is -3.42. The van der Waals surface area contributed by atoms with E-state index in [0.29, 0.717) is 36.4 Å². The van der Waals surface area contributed by atoms with Crippen LogP contribution < -0.4 is 10.1 Å². The number of anilines is 1. The zero-order chi connectivity index (χ0) is 19.4. The van der Waals surface area contributed by atoms with Crippen LogP contribution in [0.1, 0.15) is 18.4 Å². The quantitative estimate of drug-likeness (QED) is 0.656. The lowest BCUT2D eigenvalue weighted by Gasteiger charge is -2.23. The van der Waals surface area contributed by atoms with E-state index in [9.17, 15) is 19.7 Å². The molecular formula is C19H19N3O5. The minimum Gasteiger partial charge on any atom is -0.410 e. The number of ether oxygens (including phenoxy) is 1. The summed E-state index contributed by atoms with van der Waals surface area (Å²) in [5.41, 5.74) is 0.950. The van der Waals surface area contributed by atoms with Gasteiger partial charge in [-0.2, -0.15) is 0 Å². The van der Waals surface area contributed by atoms with Crippen molar-refractivity contribution in [2.45, 2.75) is 25.8 Å². The van der Waals surface area contributed by atoms with E-state index in [-0.39, 0.29) is 11.6 Å². The lowest BCUT2D eigenvalue weighted by molar-refractivity contribution is -0.384. The number of para-hydroxylation sites is 1. The average molecular weight is 369 g/mol. The molecule has 1 aliphatic heterocycles. The average Bonchev–Trinajstić information content (AvgIpc) is 3.14. The third-order valence-electron chi connectivity index (χ3n) is 4.43. The maximum Gasteiger partial charge on any atom is 0.415 e. The van der Waals surface area contributed by atoms with Crippen LogP contribution in [0.3, 0.4) is 0 Å². The molecule has 8 heteroatoms. The fourth-order valence-electron chi connectivity index (χ4n) is 2.98. The summed E-state index contributed by atoms with van der Waals surface area (Å²) in [5.74, 6) is 0.0178. The van der Waals surface area contributed by atoms with Crippen molar-refractivity contribution in [3.63, 3.8) is 0 Å². The summed E-state index contributed by atoms with van der Waals surface area (Å²) in [6, 6.07) is 12.2. The molecule has 2 aromatic rings. The van der Waals surface area contributed by atoms with Crippen molar-refractivity contribution in [2.24, 2.45) is 0 Å². The molecule has 0 bridgehead atoms. The van der Waals surface area contributed by atoms with Gasteiger partial charge in [0.1, 0.15) is 11.8 Å². The van der Waals surface area contributed by atoms with Crippen molar-refractivity contribution >= 4 is 23.4 Å². The predicted octanol–water partition coefficient (Wildman–Crippen LogP) is 3.51. The smallest absolute Gasteiger partial charge is 0.410 e. The molecular weight excluding hydrogens is 350 g/mol. The van der Waals surface area contributed by atoms with E-state index in [1.807, 2.05) is 6.07 Å². The molecule has 0 saturated carbocycles. The highest BCUT2D eigenvalue weighted by molar-refractivity contribution is 5.97. The third-order valence-corrected chi connectivity index (χ3v) is 4.43. The van der Waals surface area contributed by atoms with Gasteiger partial charge in [-0.25, -0.2) is 4.79 Å². The molecule has 3 rings (SSSR count). The number of nitrogens with zero attached hydrogens (tertiary/aromatic N) is 2. The lowest BCUT2D eigenvalue weighted by Crippen LogP contribution is -2.44. The Morgan fingerprint density at radius 2 is 1.96 bits per heavy atom. The molecule has 2 aromatic carbocycles. The van der Waals surface area contributed by atoms with E-state index in [1.54, 1.807) is 37.3 Å². The van der Waals surface area contributed by atoms with Gasteiger partial charge in [0.05, 0.1) is 10.6 Å². The van der Waals surface area contributed by atoms with Gasteiger partial charge >= 0.3 is 6.09 Å². The number of rotatable bonds is 4. The number of carbonyl (C=O) groups is 2. The van der Waals surface area contributed by atoms with Crippen molar-refractivity contribution < 1.29 is 19.2 Å². The fraction of sp³-hybridized carbons (Fsp3) is 0.263. The first-order chi connectivity index (χ1) is 13.0. The Morgan fingerprint density at radius 3 is 2.67 bits per heavy atom. The summed E-state index contributed by atoms with van der Waals surface area (Å²) in [7, 11) is 0. The first-order valence-corrected chi connectivity index (χ1v) is 8.55. The van der Waals surface area contributed by atoms with Crippen LogP contribution in [0.25, 0.3) is 0 Å². The highest BCUT2D eigenvalue weighted by Crippen LogP contribution is 2.25. The van der Waals surface area contributed by atoms with Crippen LogP contribution in [0.5, 0.6) is 5.75 Å². The molecule has 27 heavy (non-hydrogen) atoms. The second kappa shape index (κ2) is 7.86. The molecule has 1 saturated heterocycles. The van der Waals surface area contributed by atoms with Crippen molar-refractivity contribution in [1.29, 1.82) is 0 Å². The number of benzene rings is 2. The van der Waals surface area contributed by atoms with Crippen molar-refractivity contribution in [3.8, 4) is 5.75 Å². The van der Waals surface area contributed by atoms with Gasteiger partial charge in [0.25, 0.3) is 5.69 Å². The zero-order valence-electron chi connectivity index (χ0n) is 14.8. The number of aryl methyl sites for hydroxylation is 1. The van der Waals surface area contributed by atoms with E-state index >= 15 is 0 Å². The fourth-order valence-corrected chi connectivity index (χ4v) is 2.98. The Kier molecular flexibility index (Phi) is 5.35. The third kappa shape index (κ3) is 4.22. The van der Waals surface area contributed by atoms with Crippen LogP contribution in [-0.4, -0.2) is 34.4 Å². The topological polar surface area (TPSA) is 102 Å². The molecule has 2 amide bonds. The number of hydrogen-bond acceptors (Lipinski definition) is 5. The lowest BCUT2D eigenvalue weighted by atomic mass is 10.1. The van der Waals surface area contributed by atoms with Gasteiger partial charge in [-0.3, -0.25) is 19.8 Å². The van der Waals surface area contributed by atoms with E-state index in [0.717, 1.165) is 0 Å². The zero-order valence-corrected chi connectivity index (χ0v) is 14.8. The van der Waals surface area contributed by atoms with E-state index in [4.69, 9.17) is 4.74 Å². The molecule has 1 atom stereocenters. The number of hydrogen-bond donors (Lipinski definition) is 1. The first-order valence-electron chi connectivity index (χ1n) is 8.55. The number of nitrogens with one attached hydrogen (secondary N) is 1. The van der Waals surface area contributed by atoms with Crippen LogP contribution >= 0.6 is 0 Å². The largest absolute Gasteiger partial charge is 0.415 e. The first kappa shape index (κ1) is 18.4.